The van der Waals surface area contributed by atoms with Gasteiger partial charge in [-0.15, -0.1) is 12.4 Å². The highest BCUT2D eigenvalue weighted by Crippen LogP contribution is 2.26. The molecule has 0 saturated carbocycles. The minimum absolute atomic E-state index is 0. The van der Waals surface area contributed by atoms with Crippen LogP contribution in [-0.4, -0.2) is 9.97 Å². The second-order valence-electron chi connectivity index (χ2n) is 5.92. The molecule has 0 radical (unpaired) electrons. The number of benzene rings is 3. The quantitative estimate of drug-likeness (QED) is 0.480. The standard InChI is InChI=1S/C21H18N4O.ClH/c22-16-6-11-20-19(12-16)21(24-14-23-20)25-17-7-9-18(10-8-17)26-13-15-4-2-1-3-5-15;/h1-12,14H,13,22H2,(H,23,24,25);1H. The van der Waals surface area contributed by atoms with Gasteiger partial charge in [0.15, 0.2) is 0 Å². The molecule has 4 aromatic rings. The van der Waals surface area contributed by atoms with Crippen molar-refractivity contribution in [2.24, 2.45) is 0 Å². The van der Waals surface area contributed by atoms with Crippen LogP contribution in [0, 0.1) is 0 Å². The summed E-state index contributed by atoms with van der Waals surface area (Å²) in [4.78, 5) is 8.60. The van der Waals surface area contributed by atoms with Crippen LogP contribution in [0.1, 0.15) is 5.56 Å². The molecule has 1 aromatic heterocycles. The van der Waals surface area contributed by atoms with Crippen LogP contribution in [0.15, 0.2) is 79.1 Å². The van der Waals surface area contributed by atoms with Crippen molar-refractivity contribution in [3.8, 4) is 5.75 Å². The van der Waals surface area contributed by atoms with E-state index in [1.165, 1.54) is 6.33 Å². The molecule has 0 bridgehead atoms. The third-order valence-corrected chi connectivity index (χ3v) is 4.02. The maximum absolute atomic E-state index is 5.89. The zero-order valence-corrected chi connectivity index (χ0v) is 15.3. The van der Waals surface area contributed by atoms with Gasteiger partial charge < -0.3 is 15.8 Å². The van der Waals surface area contributed by atoms with Crippen LogP contribution in [0.4, 0.5) is 17.2 Å². The number of fused-ring (bicyclic) bond motifs is 1. The maximum atomic E-state index is 5.89. The van der Waals surface area contributed by atoms with E-state index in [1.54, 1.807) is 0 Å². The normalized spacial score (nSPS) is 10.2. The minimum Gasteiger partial charge on any atom is -0.489 e. The van der Waals surface area contributed by atoms with Crippen LogP contribution in [0.3, 0.4) is 0 Å². The zero-order valence-electron chi connectivity index (χ0n) is 14.5. The predicted molar refractivity (Wildman–Crippen MR) is 112 cm³/mol. The number of ether oxygens (including phenoxy) is 1. The van der Waals surface area contributed by atoms with Crippen molar-refractivity contribution in [2.45, 2.75) is 6.61 Å². The van der Waals surface area contributed by atoms with Crippen molar-refractivity contribution in [3.05, 3.63) is 84.7 Å². The van der Waals surface area contributed by atoms with Crippen molar-refractivity contribution in [2.75, 3.05) is 11.1 Å². The predicted octanol–water partition coefficient (Wildman–Crippen LogP) is 4.96. The van der Waals surface area contributed by atoms with E-state index in [-0.39, 0.29) is 12.4 Å². The molecule has 3 aromatic carbocycles. The summed E-state index contributed by atoms with van der Waals surface area (Å²) in [5.74, 6) is 1.54. The van der Waals surface area contributed by atoms with E-state index < -0.39 is 0 Å². The first-order valence-corrected chi connectivity index (χ1v) is 8.32. The lowest BCUT2D eigenvalue weighted by atomic mass is 10.2. The Kier molecular flexibility index (Phi) is 5.74. The molecule has 0 amide bonds. The van der Waals surface area contributed by atoms with Crippen LogP contribution in [0.2, 0.25) is 0 Å². The van der Waals surface area contributed by atoms with Gasteiger partial charge in [-0.2, -0.15) is 0 Å². The third-order valence-electron chi connectivity index (χ3n) is 4.02. The Hall–Kier alpha value is -3.31. The highest BCUT2D eigenvalue weighted by molar-refractivity contribution is 5.92. The molecule has 0 atom stereocenters. The SMILES string of the molecule is Cl.Nc1ccc2ncnc(Nc3ccc(OCc4ccccc4)cc3)c2c1. The fraction of sp³-hybridized carbons (Fsp3) is 0.0476. The van der Waals surface area contributed by atoms with Crippen LogP contribution in [0.5, 0.6) is 5.75 Å². The second kappa shape index (κ2) is 8.38. The summed E-state index contributed by atoms with van der Waals surface area (Å²) in [6.45, 7) is 0.545. The third kappa shape index (κ3) is 4.46. The van der Waals surface area contributed by atoms with E-state index in [0.29, 0.717) is 12.3 Å². The lowest BCUT2D eigenvalue weighted by molar-refractivity contribution is 0.306. The average molecular weight is 379 g/mol. The molecule has 1 heterocycles. The Labute approximate surface area is 163 Å². The van der Waals surface area contributed by atoms with Gasteiger partial charge in [-0.1, -0.05) is 30.3 Å². The van der Waals surface area contributed by atoms with E-state index in [1.807, 2.05) is 72.8 Å². The van der Waals surface area contributed by atoms with Crippen LogP contribution < -0.4 is 15.8 Å². The van der Waals surface area contributed by atoms with Gasteiger partial charge >= 0.3 is 0 Å². The number of rotatable bonds is 5. The Morgan fingerprint density at radius 2 is 1.67 bits per heavy atom. The molecule has 27 heavy (non-hydrogen) atoms. The summed E-state index contributed by atoms with van der Waals surface area (Å²) < 4.78 is 5.81. The van der Waals surface area contributed by atoms with E-state index in [0.717, 1.165) is 33.7 Å². The topological polar surface area (TPSA) is 73.1 Å². The van der Waals surface area contributed by atoms with Crippen molar-refractivity contribution in [1.82, 2.24) is 9.97 Å². The molecular formula is C21H19ClN4O. The van der Waals surface area contributed by atoms with Crippen LogP contribution in [-0.2, 0) is 6.61 Å². The second-order valence-corrected chi connectivity index (χ2v) is 5.92. The van der Waals surface area contributed by atoms with Crippen molar-refractivity contribution in [1.29, 1.82) is 0 Å². The molecule has 0 spiro atoms. The molecule has 0 aliphatic rings. The largest absolute Gasteiger partial charge is 0.489 e. The number of aromatic nitrogens is 2. The van der Waals surface area contributed by atoms with Crippen LogP contribution in [0.25, 0.3) is 10.9 Å². The van der Waals surface area contributed by atoms with E-state index in [9.17, 15) is 0 Å². The summed E-state index contributed by atoms with van der Waals surface area (Å²) in [7, 11) is 0. The number of hydrogen-bond acceptors (Lipinski definition) is 5. The maximum Gasteiger partial charge on any atom is 0.141 e. The molecule has 0 aliphatic heterocycles. The van der Waals surface area contributed by atoms with E-state index in [4.69, 9.17) is 10.5 Å². The average Bonchev–Trinajstić information content (AvgIpc) is 2.69. The van der Waals surface area contributed by atoms with E-state index in [2.05, 4.69) is 15.3 Å². The molecule has 3 N–H and O–H groups in total. The lowest BCUT2D eigenvalue weighted by Crippen LogP contribution is -1.98. The van der Waals surface area contributed by atoms with Gasteiger partial charge in [-0.3, -0.25) is 0 Å². The van der Waals surface area contributed by atoms with Crippen molar-refractivity contribution in [3.63, 3.8) is 0 Å². The van der Waals surface area contributed by atoms with Gasteiger partial charge in [0, 0.05) is 16.8 Å². The fourth-order valence-electron chi connectivity index (χ4n) is 2.69. The number of hydrogen-bond donors (Lipinski definition) is 2. The van der Waals surface area contributed by atoms with Gasteiger partial charge in [0.25, 0.3) is 0 Å². The number of nitrogens with zero attached hydrogens (tertiary/aromatic N) is 2. The first-order valence-electron chi connectivity index (χ1n) is 8.32. The summed E-state index contributed by atoms with van der Waals surface area (Å²) in [5.41, 5.74) is 9.47. The molecular weight excluding hydrogens is 360 g/mol. The van der Waals surface area contributed by atoms with E-state index >= 15 is 0 Å². The Morgan fingerprint density at radius 3 is 2.44 bits per heavy atom. The summed E-state index contributed by atoms with van der Waals surface area (Å²) in [6, 6.07) is 23.5. The molecule has 6 heteroatoms. The first kappa shape index (κ1) is 18.5. The fourth-order valence-corrected chi connectivity index (χ4v) is 2.69. The highest BCUT2D eigenvalue weighted by atomic mass is 35.5. The van der Waals surface area contributed by atoms with Gasteiger partial charge in [0.1, 0.15) is 24.5 Å². The Balaban J connectivity index is 0.00000210. The van der Waals surface area contributed by atoms with Crippen molar-refractivity contribution >= 4 is 40.5 Å². The highest BCUT2D eigenvalue weighted by Gasteiger charge is 2.05. The molecule has 0 fully saturated rings. The number of nitrogens with one attached hydrogen (secondary N) is 1. The molecule has 0 unspecified atom stereocenters. The number of nitrogen functional groups attached to an aromatic ring is 1. The molecule has 5 nitrogen and oxygen atoms in total. The molecule has 0 saturated heterocycles. The molecule has 0 aliphatic carbocycles. The smallest absolute Gasteiger partial charge is 0.141 e. The summed E-state index contributed by atoms with van der Waals surface area (Å²) in [6.07, 6.45) is 1.54. The molecule has 136 valence electrons. The summed E-state index contributed by atoms with van der Waals surface area (Å²) >= 11 is 0. The first-order chi connectivity index (χ1) is 12.8. The Morgan fingerprint density at radius 1 is 0.889 bits per heavy atom. The van der Waals surface area contributed by atoms with Gasteiger partial charge in [-0.25, -0.2) is 9.97 Å². The van der Waals surface area contributed by atoms with Gasteiger partial charge in [0.2, 0.25) is 0 Å². The molecule has 4 rings (SSSR count). The van der Waals surface area contributed by atoms with Crippen LogP contribution >= 0.6 is 12.4 Å². The summed E-state index contributed by atoms with van der Waals surface area (Å²) in [5, 5.41) is 4.20. The number of nitrogens with two attached hydrogens (primary N) is 1. The monoisotopic (exact) mass is 378 g/mol. The number of halogens is 1. The minimum atomic E-state index is 0. The number of anilines is 3. The van der Waals surface area contributed by atoms with Crippen molar-refractivity contribution < 1.29 is 4.74 Å². The Bertz CT molecular complexity index is 1020. The zero-order chi connectivity index (χ0) is 17.8. The van der Waals surface area contributed by atoms with Gasteiger partial charge in [-0.05, 0) is 48.0 Å². The van der Waals surface area contributed by atoms with Gasteiger partial charge in [0.05, 0.1) is 5.52 Å². The lowest BCUT2D eigenvalue weighted by Gasteiger charge is -2.10.